The number of aryl methyl sites for hydroxylation is 1. The lowest BCUT2D eigenvalue weighted by molar-refractivity contribution is 0.504. The monoisotopic (exact) mass is 291 g/mol. The molecule has 106 valence electrons. The molecule has 0 radical (unpaired) electrons. The maximum Gasteiger partial charge on any atom is 0.129 e. The molecule has 1 atom stereocenters. The number of hydrogen-bond acceptors (Lipinski definition) is 1. The van der Waals surface area contributed by atoms with Crippen molar-refractivity contribution in [3.63, 3.8) is 0 Å². The van der Waals surface area contributed by atoms with Crippen molar-refractivity contribution in [1.82, 2.24) is 5.32 Å². The first-order valence-corrected chi connectivity index (χ1v) is 7.22. The van der Waals surface area contributed by atoms with Crippen LogP contribution < -0.4 is 5.32 Å². The summed E-state index contributed by atoms with van der Waals surface area (Å²) in [6.07, 6.45) is 0.957. The van der Waals surface area contributed by atoms with Crippen molar-refractivity contribution >= 4 is 11.6 Å². The molecule has 3 heteroatoms. The van der Waals surface area contributed by atoms with E-state index in [4.69, 9.17) is 11.6 Å². The molecule has 0 aliphatic carbocycles. The molecule has 0 spiro atoms. The van der Waals surface area contributed by atoms with Gasteiger partial charge in [0.2, 0.25) is 0 Å². The highest BCUT2D eigenvalue weighted by Gasteiger charge is 2.10. The number of hydrogen-bond donors (Lipinski definition) is 1. The lowest BCUT2D eigenvalue weighted by Gasteiger charge is -2.18. The Kier molecular flexibility index (Phi) is 5.16. The Morgan fingerprint density at radius 2 is 1.85 bits per heavy atom. The van der Waals surface area contributed by atoms with Crippen LogP contribution in [0.4, 0.5) is 4.39 Å². The Morgan fingerprint density at radius 1 is 1.15 bits per heavy atom. The van der Waals surface area contributed by atoms with E-state index < -0.39 is 0 Å². The van der Waals surface area contributed by atoms with Crippen LogP contribution in [0.5, 0.6) is 0 Å². The molecule has 0 amide bonds. The van der Waals surface area contributed by atoms with Crippen molar-refractivity contribution in [2.24, 2.45) is 0 Å². The highest BCUT2D eigenvalue weighted by molar-refractivity contribution is 6.30. The van der Waals surface area contributed by atoms with Gasteiger partial charge in [-0.25, -0.2) is 4.39 Å². The van der Waals surface area contributed by atoms with Crippen LogP contribution in [0, 0.1) is 12.7 Å². The van der Waals surface area contributed by atoms with E-state index in [0.717, 1.165) is 6.42 Å². The van der Waals surface area contributed by atoms with Gasteiger partial charge in [-0.2, -0.15) is 0 Å². The second-order valence-corrected chi connectivity index (χ2v) is 5.42. The van der Waals surface area contributed by atoms with Gasteiger partial charge in [0.25, 0.3) is 0 Å². The maximum atomic E-state index is 13.7. The molecule has 2 rings (SSSR count). The summed E-state index contributed by atoms with van der Waals surface area (Å²) in [6, 6.07) is 13.5. The predicted octanol–water partition coefficient (Wildman–Crippen LogP) is 5.03. The molecule has 0 heterocycles. The van der Waals surface area contributed by atoms with E-state index in [1.54, 1.807) is 12.1 Å². The first-order valence-electron chi connectivity index (χ1n) is 6.84. The van der Waals surface area contributed by atoms with E-state index in [1.165, 1.54) is 17.2 Å². The average Bonchev–Trinajstić information content (AvgIpc) is 2.43. The molecule has 1 N–H and O–H groups in total. The number of benzene rings is 2. The van der Waals surface area contributed by atoms with Crippen LogP contribution >= 0.6 is 11.6 Å². The summed E-state index contributed by atoms with van der Waals surface area (Å²) in [5.74, 6) is -0.260. The molecule has 0 aromatic heterocycles. The molecule has 20 heavy (non-hydrogen) atoms. The van der Waals surface area contributed by atoms with Gasteiger partial charge in [0.15, 0.2) is 0 Å². The molecule has 0 aliphatic rings. The average molecular weight is 292 g/mol. The smallest absolute Gasteiger partial charge is 0.129 e. The molecule has 0 aliphatic heterocycles. The third kappa shape index (κ3) is 3.81. The van der Waals surface area contributed by atoms with Crippen LogP contribution in [0.1, 0.15) is 36.1 Å². The molecular formula is C17H19ClFN. The van der Waals surface area contributed by atoms with E-state index >= 15 is 0 Å². The van der Waals surface area contributed by atoms with Gasteiger partial charge in [0, 0.05) is 23.2 Å². The Hall–Kier alpha value is -1.38. The topological polar surface area (TPSA) is 12.0 Å². The summed E-state index contributed by atoms with van der Waals surface area (Å²) >= 11 is 5.76. The van der Waals surface area contributed by atoms with E-state index in [1.807, 2.05) is 0 Å². The highest BCUT2D eigenvalue weighted by Crippen LogP contribution is 2.19. The molecule has 0 fully saturated rings. The Labute approximate surface area is 124 Å². The Balaban J connectivity index is 2.05. The van der Waals surface area contributed by atoms with E-state index in [9.17, 15) is 4.39 Å². The SMILES string of the molecule is CCC(NCc1ccc(Cl)cc1F)c1ccc(C)cc1. The molecule has 0 saturated heterocycles. The van der Waals surface area contributed by atoms with Crippen molar-refractivity contribution in [3.8, 4) is 0 Å². The second kappa shape index (κ2) is 6.87. The minimum atomic E-state index is -0.260. The summed E-state index contributed by atoms with van der Waals surface area (Å²) in [5, 5.41) is 3.83. The van der Waals surface area contributed by atoms with Gasteiger partial charge in [0.1, 0.15) is 5.82 Å². The Bertz CT molecular complexity index is 566. The largest absolute Gasteiger partial charge is 0.306 e. The molecule has 1 nitrogen and oxygen atoms in total. The summed E-state index contributed by atoms with van der Waals surface area (Å²) in [5.41, 5.74) is 3.11. The van der Waals surface area contributed by atoms with E-state index in [2.05, 4.69) is 43.4 Å². The molecule has 2 aromatic carbocycles. The summed E-state index contributed by atoms with van der Waals surface area (Å²) in [6.45, 7) is 4.69. The van der Waals surface area contributed by atoms with Crippen molar-refractivity contribution in [1.29, 1.82) is 0 Å². The normalized spacial score (nSPS) is 12.4. The molecular weight excluding hydrogens is 273 g/mol. The third-order valence-electron chi connectivity index (χ3n) is 3.44. The molecule has 0 bridgehead atoms. The fourth-order valence-corrected chi connectivity index (χ4v) is 2.35. The van der Waals surface area contributed by atoms with E-state index in [-0.39, 0.29) is 11.9 Å². The van der Waals surface area contributed by atoms with Crippen molar-refractivity contribution < 1.29 is 4.39 Å². The minimum Gasteiger partial charge on any atom is -0.306 e. The zero-order valence-corrected chi connectivity index (χ0v) is 12.5. The van der Waals surface area contributed by atoms with Gasteiger partial charge in [-0.05, 0) is 31.0 Å². The van der Waals surface area contributed by atoms with Crippen molar-refractivity contribution in [2.75, 3.05) is 0 Å². The fraction of sp³-hybridized carbons (Fsp3) is 0.294. The lowest BCUT2D eigenvalue weighted by atomic mass is 10.0. The third-order valence-corrected chi connectivity index (χ3v) is 3.68. The van der Waals surface area contributed by atoms with Crippen LogP contribution in [0.2, 0.25) is 5.02 Å². The minimum absolute atomic E-state index is 0.227. The summed E-state index contributed by atoms with van der Waals surface area (Å²) in [7, 11) is 0. The van der Waals surface area contributed by atoms with Gasteiger partial charge in [-0.15, -0.1) is 0 Å². The second-order valence-electron chi connectivity index (χ2n) is 4.99. The quantitative estimate of drug-likeness (QED) is 0.815. The first kappa shape index (κ1) is 15.0. The Morgan fingerprint density at radius 3 is 2.45 bits per heavy atom. The molecule has 0 saturated carbocycles. The van der Waals surface area contributed by atoms with E-state index in [0.29, 0.717) is 17.1 Å². The van der Waals surface area contributed by atoms with Gasteiger partial charge in [-0.1, -0.05) is 54.4 Å². The highest BCUT2D eigenvalue weighted by atomic mass is 35.5. The molecule has 1 unspecified atom stereocenters. The van der Waals surface area contributed by atoms with Crippen LogP contribution in [0.25, 0.3) is 0 Å². The van der Waals surface area contributed by atoms with Crippen LogP contribution in [0.3, 0.4) is 0 Å². The standard InChI is InChI=1S/C17H19ClFN/c1-3-17(13-6-4-12(2)5-7-13)20-11-14-8-9-15(18)10-16(14)19/h4-10,17,20H,3,11H2,1-2H3. The van der Waals surface area contributed by atoms with Crippen molar-refractivity contribution in [2.45, 2.75) is 32.9 Å². The number of rotatable bonds is 5. The number of nitrogens with one attached hydrogen (secondary N) is 1. The number of halogens is 2. The zero-order valence-electron chi connectivity index (χ0n) is 11.8. The predicted molar refractivity (Wildman–Crippen MR) is 82.5 cm³/mol. The van der Waals surface area contributed by atoms with Crippen LogP contribution in [-0.2, 0) is 6.54 Å². The van der Waals surface area contributed by atoms with Gasteiger partial charge < -0.3 is 5.32 Å². The molecule has 2 aromatic rings. The fourth-order valence-electron chi connectivity index (χ4n) is 2.19. The maximum absolute atomic E-state index is 13.7. The first-order chi connectivity index (χ1) is 9.60. The van der Waals surface area contributed by atoms with Crippen LogP contribution in [0.15, 0.2) is 42.5 Å². The zero-order chi connectivity index (χ0) is 14.5. The summed E-state index contributed by atoms with van der Waals surface area (Å²) < 4.78 is 13.7. The van der Waals surface area contributed by atoms with Gasteiger partial charge in [0.05, 0.1) is 0 Å². The van der Waals surface area contributed by atoms with Gasteiger partial charge >= 0.3 is 0 Å². The lowest BCUT2D eigenvalue weighted by Crippen LogP contribution is -2.20. The van der Waals surface area contributed by atoms with Crippen LogP contribution in [-0.4, -0.2) is 0 Å². The summed E-state index contributed by atoms with van der Waals surface area (Å²) in [4.78, 5) is 0. The van der Waals surface area contributed by atoms with Crippen molar-refractivity contribution in [3.05, 3.63) is 70.0 Å². The van der Waals surface area contributed by atoms with Gasteiger partial charge in [-0.3, -0.25) is 0 Å².